The van der Waals surface area contributed by atoms with Crippen molar-refractivity contribution in [1.82, 2.24) is 4.90 Å². The molecule has 1 aliphatic carbocycles. The summed E-state index contributed by atoms with van der Waals surface area (Å²) in [5, 5.41) is 0. The number of nitrogens with zero attached hydrogens (tertiary/aromatic N) is 1. The average molecular weight is 287 g/mol. The number of nitrogens with two attached hydrogens (primary N) is 2. The highest BCUT2D eigenvalue weighted by Crippen LogP contribution is 2.36. The van der Waals surface area contributed by atoms with Crippen molar-refractivity contribution < 1.29 is 0 Å². The summed E-state index contributed by atoms with van der Waals surface area (Å²) in [4.78, 5) is 2.57. The van der Waals surface area contributed by atoms with Crippen molar-refractivity contribution in [3.05, 3.63) is 35.9 Å². The Labute approximate surface area is 128 Å². The molecule has 4 N–H and O–H groups in total. The van der Waals surface area contributed by atoms with Crippen LogP contribution in [0.4, 0.5) is 0 Å². The average Bonchev–Trinajstić information content (AvgIpc) is 2.52. The molecule has 3 unspecified atom stereocenters. The molecule has 1 saturated carbocycles. The van der Waals surface area contributed by atoms with E-state index in [4.69, 9.17) is 11.5 Å². The fraction of sp³-hybridized carbons (Fsp3) is 0.667. The van der Waals surface area contributed by atoms with Crippen molar-refractivity contribution in [1.29, 1.82) is 0 Å². The van der Waals surface area contributed by atoms with Crippen LogP contribution >= 0.6 is 0 Å². The molecule has 2 fully saturated rings. The van der Waals surface area contributed by atoms with Gasteiger partial charge in [-0.2, -0.15) is 0 Å². The first-order chi connectivity index (χ1) is 10.2. The molecule has 0 radical (unpaired) electrons. The summed E-state index contributed by atoms with van der Waals surface area (Å²) >= 11 is 0. The summed E-state index contributed by atoms with van der Waals surface area (Å²) in [6, 6.07) is 10.9. The maximum Gasteiger partial charge on any atom is 0.0348 e. The molecule has 2 aliphatic rings. The van der Waals surface area contributed by atoms with Gasteiger partial charge in [-0.1, -0.05) is 43.2 Å². The predicted molar refractivity (Wildman–Crippen MR) is 87.8 cm³/mol. The second-order valence-electron chi connectivity index (χ2n) is 7.02. The summed E-state index contributed by atoms with van der Waals surface area (Å²) < 4.78 is 0. The van der Waals surface area contributed by atoms with Crippen LogP contribution in [0.5, 0.6) is 0 Å². The smallest absolute Gasteiger partial charge is 0.0348 e. The third-order valence-corrected chi connectivity index (χ3v) is 5.58. The van der Waals surface area contributed by atoms with E-state index < -0.39 is 0 Å². The Morgan fingerprint density at radius 2 is 1.90 bits per heavy atom. The summed E-state index contributed by atoms with van der Waals surface area (Å²) in [7, 11) is 0. The van der Waals surface area contributed by atoms with Crippen molar-refractivity contribution in [2.24, 2.45) is 17.4 Å². The van der Waals surface area contributed by atoms with Gasteiger partial charge in [0.15, 0.2) is 0 Å². The topological polar surface area (TPSA) is 55.3 Å². The van der Waals surface area contributed by atoms with Gasteiger partial charge < -0.3 is 11.5 Å². The molecule has 3 rings (SSSR count). The fourth-order valence-electron chi connectivity index (χ4n) is 4.24. The first kappa shape index (κ1) is 15.0. The lowest BCUT2D eigenvalue weighted by molar-refractivity contribution is 0.0758. The number of benzene rings is 1. The van der Waals surface area contributed by atoms with Crippen molar-refractivity contribution in [2.45, 2.75) is 56.7 Å². The quantitative estimate of drug-likeness (QED) is 0.898. The van der Waals surface area contributed by atoms with Crippen molar-refractivity contribution in [3.63, 3.8) is 0 Å². The van der Waals surface area contributed by atoms with Crippen molar-refractivity contribution >= 4 is 0 Å². The third kappa shape index (κ3) is 3.31. The van der Waals surface area contributed by atoms with Gasteiger partial charge in [0.25, 0.3) is 0 Å². The molecule has 1 aliphatic heterocycles. The number of likely N-dealkylation sites (tertiary alicyclic amines) is 1. The summed E-state index contributed by atoms with van der Waals surface area (Å²) in [6.07, 6.45) is 7.21. The zero-order valence-corrected chi connectivity index (χ0v) is 13.0. The van der Waals surface area contributed by atoms with Crippen LogP contribution in [0, 0.1) is 5.92 Å². The van der Waals surface area contributed by atoms with Crippen molar-refractivity contribution in [2.75, 3.05) is 13.1 Å². The van der Waals surface area contributed by atoms with E-state index in [-0.39, 0.29) is 11.6 Å². The highest BCUT2D eigenvalue weighted by molar-refractivity contribution is 5.14. The van der Waals surface area contributed by atoms with Gasteiger partial charge in [-0.15, -0.1) is 0 Å². The molecule has 3 atom stereocenters. The lowest BCUT2D eigenvalue weighted by atomic mass is 9.68. The fourth-order valence-corrected chi connectivity index (χ4v) is 4.24. The molecule has 116 valence electrons. The minimum absolute atomic E-state index is 0.131. The molecule has 3 nitrogen and oxygen atoms in total. The Balaban J connectivity index is 1.65. The monoisotopic (exact) mass is 287 g/mol. The number of hydrogen-bond donors (Lipinski definition) is 2. The number of hydrogen-bond acceptors (Lipinski definition) is 3. The molecule has 3 heteroatoms. The molecule has 0 bridgehead atoms. The van der Waals surface area contributed by atoms with E-state index >= 15 is 0 Å². The van der Waals surface area contributed by atoms with Gasteiger partial charge in [0, 0.05) is 24.7 Å². The van der Waals surface area contributed by atoms with Crippen LogP contribution < -0.4 is 11.5 Å². The zero-order valence-electron chi connectivity index (χ0n) is 13.0. The maximum absolute atomic E-state index is 6.78. The molecule has 0 aromatic heterocycles. The second kappa shape index (κ2) is 6.47. The van der Waals surface area contributed by atoms with Crippen LogP contribution in [0.2, 0.25) is 0 Å². The summed E-state index contributed by atoms with van der Waals surface area (Å²) in [5.41, 5.74) is 14.4. The molecular formula is C18H29N3. The minimum atomic E-state index is -0.131. The van der Waals surface area contributed by atoms with E-state index in [2.05, 4.69) is 35.2 Å². The zero-order chi connectivity index (χ0) is 14.7. The predicted octanol–water partition coefficient (Wildman–Crippen LogP) is 2.50. The Kier molecular flexibility index (Phi) is 4.63. The van der Waals surface area contributed by atoms with Crippen LogP contribution in [-0.2, 0) is 6.54 Å². The Morgan fingerprint density at radius 3 is 2.67 bits per heavy atom. The van der Waals surface area contributed by atoms with Crippen LogP contribution in [0.15, 0.2) is 30.3 Å². The van der Waals surface area contributed by atoms with Gasteiger partial charge >= 0.3 is 0 Å². The van der Waals surface area contributed by atoms with Crippen LogP contribution in [0.1, 0.15) is 44.1 Å². The first-order valence-corrected chi connectivity index (χ1v) is 8.49. The summed E-state index contributed by atoms with van der Waals surface area (Å²) in [5.74, 6) is 0.560. The molecule has 0 spiro atoms. The van der Waals surface area contributed by atoms with E-state index in [1.807, 2.05) is 0 Å². The van der Waals surface area contributed by atoms with Gasteiger partial charge in [-0.3, -0.25) is 4.90 Å². The lowest BCUT2D eigenvalue weighted by Gasteiger charge is -2.48. The standard InChI is InChI=1S/C18H29N3/c19-17-10-4-5-11-18(17,20)16-9-6-12-21(14-16)13-15-7-2-1-3-8-15/h1-3,7-8,16-17H,4-6,9-14,19-20H2. The largest absolute Gasteiger partial charge is 0.326 e. The normalized spacial score (nSPS) is 34.8. The SMILES string of the molecule is NC1CCCCC1(N)C1CCCN(Cc2ccccc2)C1. The molecule has 0 amide bonds. The number of rotatable bonds is 3. The molecule has 1 heterocycles. The minimum Gasteiger partial charge on any atom is -0.326 e. The number of piperidine rings is 1. The van der Waals surface area contributed by atoms with Gasteiger partial charge in [-0.25, -0.2) is 0 Å². The highest BCUT2D eigenvalue weighted by atomic mass is 15.1. The van der Waals surface area contributed by atoms with Gasteiger partial charge in [0.1, 0.15) is 0 Å². The highest BCUT2D eigenvalue weighted by Gasteiger charge is 2.43. The molecule has 1 saturated heterocycles. The van der Waals surface area contributed by atoms with Crippen molar-refractivity contribution in [3.8, 4) is 0 Å². The van der Waals surface area contributed by atoms with E-state index in [9.17, 15) is 0 Å². The molecule has 1 aromatic rings. The van der Waals surface area contributed by atoms with Crippen LogP contribution in [0.25, 0.3) is 0 Å². The second-order valence-corrected chi connectivity index (χ2v) is 7.02. The van der Waals surface area contributed by atoms with Gasteiger partial charge in [0.05, 0.1) is 0 Å². The van der Waals surface area contributed by atoms with E-state index in [0.717, 1.165) is 25.9 Å². The van der Waals surface area contributed by atoms with Gasteiger partial charge in [-0.05, 0) is 43.7 Å². The van der Waals surface area contributed by atoms with Crippen LogP contribution in [-0.4, -0.2) is 29.6 Å². The molecule has 1 aromatic carbocycles. The van der Waals surface area contributed by atoms with Gasteiger partial charge in [0.2, 0.25) is 0 Å². The molecular weight excluding hydrogens is 258 g/mol. The summed E-state index contributed by atoms with van der Waals surface area (Å²) in [6.45, 7) is 3.35. The Morgan fingerprint density at radius 1 is 1.10 bits per heavy atom. The first-order valence-electron chi connectivity index (χ1n) is 8.49. The van der Waals surface area contributed by atoms with E-state index in [0.29, 0.717) is 5.92 Å². The Bertz CT molecular complexity index is 447. The maximum atomic E-state index is 6.78. The Hall–Kier alpha value is -0.900. The van der Waals surface area contributed by atoms with E-state index in [1.54, 1.807) is 0 Å². The molecule has 21 heavy (non-hydrogen) atoms. The van der Waals surface area contributed by atoms with Crippen LogP contribution in [0.3, 0.4) is 0 Å². The lowest BCUT2D eigenvalue weighted by Crippen LogP contribution is -2.64. The third-order valence-electron chi connectivity index (χ3n) is 5.58. The van der Waals surface area contributed by atoms with E-state index in [1.165, 1.54) is 37.8 Å².